The highest BCUT2D eigenvalue weighted by Gasteiger charge is 2.38. The number of anilines is 1. The molecule has 0 bridgehead atoms. The first-order valence-electron chi connectivity index (χ1n) is 8.98. The monoisotopic (exact) mass is 340 g/mol. The fourth-order valence-electron chi connectivity index (χ4n) is 4.08. The number of rotatable bonds is 4. The summed E-state index contributed by atoms with van der Waals surface area (Å²) in [7, 11) is 1.66. The Bertz CT molecular complexity index is 755. The smallest absolute Gasteiger partial charge is 0.241 e. The van der Waals surface area contributed by atoms with E-state index in [0.29, 0.717) is 6.61 Å². The van der Waals surface area contributed by atoms with Gasteiger partial charge in [-0.2, -0.15) is 0 Å². The summed E-state index contributed by atoms with van der Waals surface area (Å²) in [5, 5.41) is 3.12. The molecule has 0 aliphatic carbocycles. The number of hydrogen-bond acceptors (Lipinski definition) is 4. The Morgan fingerprint density at radius 3 is 2.96 bits per heavy atom. The predicted molar refractivity (Wildman–Crippen MR) is 95.3 cm³/mol. The van der Waals surface area contributed by atoms with Gasteiger partial charge in [0, 0.05) is 12.8 Å². The summed E-state index contributed by atoms with van der Waals surface area (Å²) in [5.74, 6) is 1.88. The Labute approximate surface area is 148 Å². The van der Waals surface area contributed by atoms with Gasteiger partial charge in [-0.15, -0.1) is 0 Å². The van der Waals surface area contributed by atoms with Crippen LogP contribution in [0.5, 0.6) is 0 Å². The first kappa shape index (κ1) is 16.4. The van der Waals surface area contributed by atoms with E-state index in [4.69, 9.17) is 9.15 Å². The molecule has 1 saturated heterocycles. The molecule has 1 amide bonds. The highest BCUT2D eigenvalue weighted by atomic mass is 16.5. The second-order valence-corrected chi connectivity index (χ2v) is 6.83. The van der Waals surface area contributed by atoms with Crippen molar-refractivity contribution in [2.45, 2.75) is 44.4 Å². The number of nitrogens with one attached hydrogen (secondary N) is 1. The summed E-state index contributed by atoms with van der Waals surface area (Å²) < 4.78 is 11.1. The number of likely N-dealkylation sites (tertiary alicyclic amines) is 1. The minimum atomic E-state index is -0.115. The van der Waals surface area contributed by atoms with Crippen molar-refractivity contribution in [2.24, 2.45) is 0 Å². The zero-order valence-corrected chi connectivity index (χ0v) is 14.5. The summed E-state index contributed by atoms with van der Waals surface area (Å²) in [6.07, 6.45) is 3.86. The maximum Gasteiger partial charge on any atom is 0.241 e. The first-order chi connectivity index (χ1) is 12.3. The minimum absolute atomic E-state index is 0.0977. The van der Waals surface area contributed by atoms with Crippen LogP contribution in [0.4, 0.5) is 5.69 Å². The van der Waals surface area contributed by atoms with Crippen LogP contribution in [-0.4, -0.2) is 30.5 Å². The summed E-state index contributed by atoms with van der Waals surface area (Å²) in [6.45, 7) is 1.41. The van der Waals surface area contributed by atoms with E-state index in [9.17, 15) is 4.79 Å². The Morgan fingerprint density at radius 2 is 2.08 bits per heavy atom. The van der Waals surface area contributed by atoms with Crippen molar-refractivity contribution in [3.8, 4) is 0 Å². The molecule has 0 unspecified atom stereocenters. The van der Waals surface area contributed by atoms with Crippen LogP contribution >= 0.6 is 0 Å². The number of hydrogen-bond donors (Lipinski definition) is 1. The third kappa shape index (κ3) is 3.22. The number of furan rings is 1. The number of benzene rings is 1. The highest BCUT2D eigenvalue weighted by molar-refractivity contribution is 5.96. The molecule has 0 spiro atoms. The number of nitrogens with zero attached hydrogens (tertiary/aromatic N) is 1. The molecule has 5 nitrogen and oxygen atoms in total. The highest BCUT2D eigenvalue weighted by Crippen LogP contribution is 2.37. The van der Waals surface area contributed by atoms with E-state index in [1.807, 2.05) is 30.3 Å². The van der Waals surface area contributed by atoms with Gasteiger partial charge < -0.3 is 14.5 Å². The van der Waals surface area contributed by atoms with E-state index in [-0.39, 0.29) is 18.0 Å². The lowest BCUT2D eigenvalue weighted by atomic mass is 10.0. The Morgan fingerprint density at radius 1 is 1.20 bits per heavy atom. The van der Waals surface area contributed by atoms with E-state index < -0.39 is 0 Å². The van der Waals surface area contributed by atoms with Gasteiger partial charge in [-0.3, -0.25) is 9.69 Å². The van der Waals surface area contributed by atoms with Crippen molar-refractivity contribution in [1.29, 1.82) is 0 Å². The van der Waals surface area contributed by atoms with Crippen LogP contribution in [0.3, 0.4) is 0 Å². The normalized spacial score (nSPS) is 24.0. The number of methoxy groups -OCH3 is 1. The van der Waals surface area contributed by atoms with Gasteiger partial charge in [-0.1, -0.05) is 18.2 Å². The first-order valence-corrected chi connectivity index (χ1v) is 8.98. The second kappa shape index (κ2) is 7.02. The van der Waals surface area contributed by atoms with Crippen molar-refractivity contribution in [2.75, 3.05) is 19.0 Å². The molecule has 1 aromatic carbocycles. The quantitative estimate of drug-likeness (QED) is 0.925. The van der Waals surface area contributed by atoms with Crippen LogP contribution < -0.4 is 5.32 Å². The molecule has 25 heavy (non-hydrogen) atoms. The molecule has 132 valence electrons. The maximum atomic E-state index is 12.8. The SMILES string of the molecule is COCc1ccc([C@H]2CCCN2[C@@H]2CCc3ccccc3NC2=O)o1. The lowest BCUT2D eigenvalue weighted by Crippen LogP contribution is -2.43. The van der Waals surface area contributed by atoms with E-state index in [2.05, 4.69) is 16.3 Å². The number of carbonyl (C=O) groups is 1. The number of fused-ring (bicyclic) bond motifs is 1. The summed E-state index contributed by atoms with van der Waals surface area (Å²) >= 11 is 0. The number of carbonyl (C=O) groups excluding carboxylic acids is 1. The maximum absolute atomic E-state index is 12.8. The molecule has 5 heteroatoms. The van der Waals surface area contributed by atoms with Gasteiger partial charge in [-0.05, 0) is 56.0 Å². The van der Waals surface area contributed by atoms with Gasteiger partial charge >= 0.3 is 0 Å². The number of para-hydroxylation sites is 1. The Hall–Kier alpha value is -2.11. The summed E-state index contributed by atoms with van der Waals surface area (Å²) in [4.78, 5) is 15.2. The van der Waals surface area contributed by atoms with Crippen molar-refractivity contribution in [1.82, 2.24) is 4.90 Å². The van der Waals surface area contributed by atoms with E-state index in [1.165, 1.54) is 5.56 Å². The van der Waals surface area contributed by atoms with Crippen LogP contribution in [0.15, 0.2) is 40.8 Å². The molecule has 2 aromatic rings. The third-order valence-electron chi connectivity index (χ3n) is 5.26. The fourth-order valence-corrected chi connectivity index (χ4v) is 4.08. The van der Waals surface area contributed by atoms with Crippen LogP contribution in [-0.2, 0) is 22.6 Å². The third-order valence-corrected chi connectivity index (χ3v) is 5.26. The molecule has 0 saturated carbocycles. The molecule has 2 atom stereocenters. The minimum Gasteiger partial charge on any atom is -0.462 e. The Kier molecular flexibility index (Phi) is 4.59. The summed E-state index contributed by atoms with van der Waals surface area (Å²) in [6, 6.07) is 12.1. The Balaban J connectivity index is 1.54. The molecule has 4 rings (SSSR count). The number of ether oxygens (including phenoxy) is 1. The van der Waals surface area contributed by atoms with Crippen molar-refractivity contribution < 1.29 is 13.9 Å². The largest absolute Gasteiger partial charge is 0.462 e. The lowest BCUT2D eigenvalue weighted by Gasteiger charge is -2.30. The van der Waals surface area contributed by atoms with Gasteiger partial charge in [0.25, 0.3) is 0 Å². The molecule has 1 fully saturated rings. The molecule has 0 radical (unpaired) electrons. The van der Waals surface area contributed by atoms with Gasteiger partial charge in [0.1, 0.15) is 18.1 Å². The zero-order chi connectivity index (χ0) is 17.2. The van der Waals surface area contributed by atoms with Crippen molar-refractivity contribution in [3.05, 3.63) is 53.5 Å². The van der Waals surface area contributed by atoms with E-state index in [1.54, 1.807) is 7.11 Å². The van der Waals surface area contributed by atoms with Crippen LogP contribution in [0.2, 0.25) is 0 Å². The standard InChI is InChI=1S/C20H24N2O3/c1-24-13-15-9-11-19(25-15)17-7-4-12-22(17)18-10-8-14-5-2-3-6-16(14)21-20(18)23/h2-3,5-6,9,11,17-18H,4,7-8,10,12-13H2,1H3,(H,21,23)/t17-,18-/m1/s1. The predicted octanol–water partition coefficient (Wildman–Crippen LogP) is 3.52. The van der Waals surface area contributed by atoms with Crippen LogP contribution in [0.25, 0.3) is 0 Å². The average molecular weight is 340 g/mol. The topological polar surface area (TPSA) is 54.7 Å². The van der Waals surface area contributed by atoms with Crippen molar-refractivity contribution >= 4 is 11.6 Å². The average Bonchev–Trinajstić information content (AvgIpc) is 3.23. The molecule has 2 aliphatic heterocycles. The fraction of sp³-hybridized carbons (Fsp3) is 0.450. The molecule has 2 aliphatic rings. The molecule has 1 N–H and O–H groups in total. The van der Waals surface area contributed by atoms with Crippen LogP contribution in [0.1, 0.15) is 42.4 Å². The van der Waals surface area contributed by atoms with E-state index in [0.717, 1.165) is 49.4 Å². The van der Waals surface area contributed by atoms with Gasteiger partial charge in [-0.25, -0.2) is 0 Å². The molecular weight excluding hydrogens is 316 g/mol. The van der Waals surface area contributed by atoms with Gasteiger partial charge in [0.15, 0.2) is 0 Å². The lowest BCUT2D eigenvalue weighted by molar-refractivity contribution is -0.121. The number of aryl methyl sites for hydroxylation is 1. The van der Waals surface area contributed by atoms with E-state index >= 15 is 0 Å². The van der Waals surface area contributed by atoms with Crippen molar-refractivity contribution in [3.63, 3.8) is 0 Å². The van der Waals surface area contributed by atoms with Gasteiger partial charge in [0.05, 0.1) is 12.1 Å². The molecule has 3 heterocycles. The summed E-state index contributed by atoms with van der Waals surface area (Å²) in [5.41, 5.74) is 2.17. The zero-order valence-electron chi connectivity index (χ0n) is 14.5. The second-order valence-electron chi connectivity index (χ2n) is 6.83. The molecular formula is C20H24N2O3. The van der Waals surface area contributed by atoms with Gasteiger partial charge in [0.2, 0.25) is 5.91 Å². The molecule has 1 aromatic heterocycles. The van der Waals surface area contributed by atoms with Crippen LogP contribution in [0, 0.1) is 0 Å². The number of amides is 1.